The zero-order valence-corrected chi connectivity index (χ0v) is 12.2. The van der Waals surface area contributed by atoms with Gasteiger partial charge in [-0.05, 0) is 30.3 Å². The highest BCUT2D eigenvalue weighted by molar-refractivity contribution is 7.93. The van der Waals surface area contributed by atoms with E-state index in [1.54, 1.807) is 0 Å². The monoisotopic (exact) mass is 328 g/mol. The Morgan fingerprint density at radius 1 is 1.00 bits per heavy atom. The minimum atomic E-state index is -3.99. The molecule has 1 aromatic heterocycles. The summed E-state index contributed by atoms with van der Waals surface area (Å²) in [5, 5.41) is 4.97. The van der Waals surface area contributed by atoms with Crippen molar-refractivity contribution in [2.75, 3.05) is 10.5 Å². The Kier molecular flexibility index (Phi) is 3.85. The quantitative estimate of drug-likeness (QED) is 0.726. The number of benzene rings is 1. The lowest BCUT2D eigenvalue weighted by molar-refractivity contribution is 0.597. The van der Waals surface area contributed by atoms with Gasteiger partial charge in [-0.2, -0.15) is 0 Å². The highest BCUT2D eigenvalue weighted by Crippen LogP contribution is 2.18. The number of primary sulfonamides is 1. The second kappa shape index (κ2) is 5.31. The van der Waals surface area contributed by atoms with Crippen LogP contribution in [0.4, 0.5) is 11.5 Å². The minimum Gasteiger partial charge on any atom is -0.384 e. The van der Waals surface area contributed by atoms with Crippen molar-refractivity contribution in [2.24, 2.45) is 5.14 Å². The molecule has 0 radical (unpaired) electrons. The van der Waals surface area contributed by atoms with E-state index >= 15 is 0 Å². The van der Waals surface area contributed by atoms with Gasteiger partial charge < -0.3 is 5.73 Å². The molecule has 1 aromatic carbocycles. The minimum absolute atomic E-state index is 0.199. The van der Waals surface area contributed by atoms with Crippen LogP contribution in [0.25, 0.3) is 0 Å². The van der Waals surface area contributed by atoms with Crippen LogP contribution in [0.1, 0.15) is 0 Å². The summed E-state index contributed by atoms with van der Waals surface area (Å²) in [6.45, 7) is 0. The van der Waals surface area contributed by atoms with Gasteiger partial charge in [-0.25, -0.2) is 27.0 Å². The Bertz CT molecular complexity index is 861. The van der Waals surface area contributed by atoms with Crippen molar-refractivity contribution in [3.63, 3.8) is 0 Å². The second-order valence-electron chi connectivity index (χ2n) is 4.10. The third-order valence-corrected chi connectivity index (χ3v) is 4.77. The molecule has 0 saturated carbocycles. The van der Waals surface area contributed by atoms with Crippen molar-refractivity contribution in [2.45, 2.75) is 9.79 Å². The number of hydrogen-bond donors (Lipinski definition) is 3. The topological polar surface area (TPSA) is 145 Å². The standard InChI is InChI=1S/C11H12N4O4S2/c12-11-5-4-8(7-14-11)15-21(18,19)10-3-1-2-9(6-10)20(13,16)17/h1-7,15H,(H2,12,14)(H2,13,16,17). The predicted octanol–water partition coefficient (Wildman–Crippen LogP) is 0.112. The molecule has 8 nitrogen and oxygen atoms in total. The van der Waals surface area contributed by atoms with E-state index in [9.17, 15) is 16.8 Å². The van der Waals surface area contributed by atoms with E-state index in [4.69, 9.17) is 10.9 Å². The summed E-state index contributed by atoms with van der Waals surface area (Å²) in [5.74, 6) is 0.245. The number of hydrogen-bond acceptors (Lipinski definition) is 6. The molecule has 1 heterocycles. The lowest BCUT2D eigenvalue weighted by Crippen LogP contribution is -2.16. The summed E-state index contributed by atoms with van der Waals surface area (Å²) in [6.07, 6.45) is 1.25. The third-order valence-electron chi connectivity index (χ3n) is 2.48. The van der Waals surface area contributed by atoms with Gasteiger partial charge in [-0.15, -0.1) is 0 Å². The number of nitrogens with one attached hydrogen (secondary N) is 1. The summed E-state index contributed by atoms with van der Waals surface area (Å²) in [7, 11) is -7.94. The first-order valence-corrected chi connectivity index (χ1v) is 8.59. The molecule has 0 spiro atoms. The average molecular weight is 328 g/mol. The lowest BCUT2D eigenvalue weighted by Gasteiger charge is -2.08. The van der Waals surface area contributed by atoms with E-state index in [1.165, 1.54) is 36.5 Å². The molecule has 0 atom stereocenters. The van der Waals surface area contributed by atoms with E-state index in [0.29, 0.717) is 0 Å². The molecular weight excluding hydrogens is 316 g/mol. The van der Waals surface area contributed by atoms with Crippen LogP contribution in [0.15, 0.2) is 52.4 Å². The molecule has 0 aliphatic heterocycles. The first-order valence-electron chi connectivity index (χ1n) is 5.56. The zero-order valence-electron chi connectivity index (χ0n) is 10.6. The molecule has 0 aliphatic carbocycles. The number of nitrogens with zero attached hydrogens (tertiary/aromatic N) is 1. The van der Waals surface area contributed by atoms with Crippen molar-refractivity contribution in [3.05, 3.63) is 42.6 Å². The Balaban J connectivity index is 2.38. The van der Waals surface area contributed by atoms with E-state index < -0.39 is 20.0 Å². The Hall–Kier alpha value is -2.17. The van der Waals surface area contributed by atoms with Crippen LogP contribution >= 0.6 is 0 Å². The Morgan fingerprint density at radius 2 is 1.67 bits per heavy atom. The fourth-order valence-corrected chi connectivity index (χ4v) is 3.22. The smallest absolute Gasteiger partial charge is 0.261 e. The maximum atomic E-state index is 12.2. The van der Waals surface area contributed by atoms with Crippen LogP contribution in [0.5, 0.6) is 0 Å². The van der Waals surface area contributed by atoms with Crippen LogP contribution in [0.3, 0.4) is 0 Å². The number of anilines is 2. The fraction of sp³-hybridized carbons (Fsp3) is 0. The van der Waals surface area contributed by atoms with Gasteiger partial charge in [0.2, 0.25) is 10.0 Å². The molecule has 0 aliphatic rings. The van der Waals surface area contributed by atoms with Gasteiger partial charge in [0.15, 0.2) is 0 Å². The maximum absolute atomic E-state index is 12.2. The first kappa shape index (κ1) is 15.2. The van der Waals surface area contributed by atoms with Crippen molar-refractivity contribution in [1.82, 2.24) is 4.98 Å². The highest BCUT2D eigenvalue weighted by Gasteiger charge is 2.17. The van der Waals surface area contributed by atoms with Crippen molar-refractivity contribution >= 4 is 31.6 Å². The van der Waals surface area contributed by atoms with Gasteiger partial charge in [0.1, 0.15) is 5.82 Å². The predicted molar refractivity (Wildman–Crippen MR) is 77.3 cm³/mol. The maximum Gasteiger partial charge on any atom is 0.261 e. The van der Waals surface area contributed by atoms with Crippen LogP contribution in [-0.2, 0) is 20.0 Å². The number of aromatic nitrogens is 1. The average Bonchev–Trinajstić information content (AvgIpc) is 2.40. The van der Waals surface area contributed by atoms with Crippen molar-refractivity contribution in [3.8, 4) is 0 Å². The number of rotatable bonds is 4. The number of nitrogens with two attached hydrogens (primary N) is 2. The van der Waals surface area contributed by atoms with Crippen LogP contribution in [-0.4, -0.2) is 21.8 Å². The molecule has 0 fully saturated rings. The summed E-state index contributed by atoms with van der Waals surface area (Å²) in [4.78, 5) is 3.23. The van der Waals surface area contributed by atoms with Gasteiger partial charge in [0.05, 0.1) is 21.7 Å². The summed E-state index contributed by atoms with van der Waals surface area (Å²) >= 11 is 0. The molecule has 0 saturated heterocycles. The molecule has 0 bridgehead atoms. The van der Waals surface area contributed by atoms with Gasteiger partial charge in [0.25, 0.3) is 10.0 Å². The molecule has 2 aromatic rings. The Morgan fingerprint density at radius 3 is 2.24 bits per heavy atom. The second-order valence-corrected chi connectivity index (χ2v) is 7.34. The number of sulfonamides is 2. The van der Waals surface area contributed by atoms with Crippen LogP contribution in [0, 0.1) is 0 Å². The SMILES string of the molecule is Nc1ccc(NS(=O)(=O)c2cccc(S(N)(=O)=O)c2)cn1. The molecule has 2 rings (SSSR count). The van der Waals surface area contributed by atoms with Crippen LogP contribution in [0.2, 0.25) is 0 Å². The molecule has 10 heteroatoms. The highest BCUT2D eigenvalue weighted by atomic mass is 32.2. The molecule has 21 heavy (non-hydrogen) atoms. The molecule has 112 valence electrons. The Labute approximate surface area is 121 Å². The summed E-state index contributed by atoms with van der Waals surface area (Å²) < 4.78 is 49.1. The summed E-state index contributed by atoms with van der Waals surface area (Å²) in [5.41, 5.74) is 5.60. The summed E-state index contributed by atoms with van der Waals surface area (Å²) in [6, 6.07) is 7.58. The molecular formula is C11H12N4O4S2. The largest absolute Gasteiger partial charge is 0.384 e. The zero-order chi connectivity index (χ0) is 15.7. The van der Waals surface area contributed by atoms with E-state index in [0.717, 1.165) is 6.07 Å². The van der Waals surface area contributed by atoms with Crippen LogP contribution < -0.4 is 15.6 Å². The van der Waals surface area contributed by atoms with Gasteiger partial charge in [0, 0.05) is 0 Å². The van der Waals surface area contributed by atoms with E-state index in [2.05, 4.69) is 9.71 Å². The van der Waals surface area contributed by atoms with Crippen molar-refractivity contribution in [1.29, 1.82) is 0 Å². The van der Waals surface area contributed by atoms with Crippen molar-refractivity contribution < 1.29 is 16.8 Å². The van der Waals surface area contributed by atoms with Gasteiger partial charge in [-0.1, -0.05) is 6.07 Å². The van der Waals surface area contributed by atoms with Gasteiger partial charge in [-0.3, -0.25) is 4.72 Å². The lowest BCUT2D eigenvalue weighted by atomic mass is 10.4. The third kappa shape index (κ3) is 3.68. The molecule has 5 N–H and O–H groups in total. The van der Waals surface area contributed by atoms with E-state index in [1.807, 2.05) is 0 Å². The first-order chi connectivity index (χ1) is 9.68. The normalized spacial score (nSPS) is 12.0. The van der Waals surface area contributed by atoms with Gasteiger partial charge >= 0.3 is 0 Å². The molecule has 0 unspecified atom stereocenters. The number of nitrogen functional groups attached to an aromatic ring is 1. The number of pyridine rings is 1. The fourth-order valence-electron chi connectivity index (χ4n) is 1.50. The molecule has 0 amide bonds. The van der Waals surface area contributed by atoms with E-state index in [-0.39, 0.29) is 21.3 Å².